The van der Waals surface area contributed by atoms with Gasteiger partial charge in [-0.2, -0.15) is 0 Å². The zero-order valence-electron chi connectivity index (χ0n) is 10.6. The van der Waals surface area contributed by atoms with Crippen molar-refractivity contribution in [1.29, 1.82) is 0 Å². The molecule has 1 aromatic rings. The molecular formula is C14H19FO2. The van der Waals surface area contributed by atoms with E-state index in [9.17, 15) is 9.18 Å². The molecule has 0 bridgehead atoms. The van der Waals surface area contributed by atoms with Gasteiger partial charge in [0.15, 0.2) is 0 Å². The number of hydrogen-bond acceptors (Lipinski definition) is 2. The fraction of sp³-hybridized carbons (Fsp3) is 0.500. The first-order valence-electron chi connectivity index (χ1n) is 5.93. The quantitative estimate of drug-likeness (QED) is 0.733. The third-order valence-corrected chi connectivity index (χ3v) is 2.80. The van der Waals surface area contributed by atoms with Gasteiger partial charge in [0.2, 0.25) is 0 Å². The van der Waals surface area contributed by atoms with Crippen LogP contribution in [0.25, 0.3) is 0 Å². The molecule has 0 N–H and O–H groups in total. The highest BCUT2D eigenvalue weighted by Crippen LogP contribution is 2.25. The Bertz CT molecular complexity index is 368. The maximum Gasteiger partial charge on any atom is 0.313 e. The van der Waals surface area contributed by atoms with Crippen molar-refractivity contribution in [3.63, 3.8) is 0 Å². The van der Waals surface area contributed by atoms with E-state index in [0.717, 1.165) is 18.4 Å². The van der Waals surface area contributed by atoms with Crippen LogP contribution in [0.3, 0.4) is 0 Å². The van der Waals surface area contributed by atoms with E-state index in [1.165, 1.54) is 19.2 Å². The van der Waals surface area contributed by atoms with Crippen LogP contribution in [-0.4, -0.2) is 13.1 Å². The number of esters is 1. The number of rotatable bonds is 5. The van der Waals surface area contributed by atoms with Crippen molar-refractivity contribution >= 4 is 5.97 Å². The minimum absolute atomic E-state index is 0.288. The van der Waals surface area contributed by atoms with Gasteiger partial charge in [-0.05, 0) is 36.6 Å². The van der Waals surface area contributed by atoms with Crippen molar-refractivity contribution in [2.75, 3.05) is 7.11 Å². The molecule has 1 rings (SSSR count). The highest BCUT2D eigenvalue weighted by atomic mass is 19.1. The summed E-state index contributed by atoms with van der Waals surface area (Å²) in [5, 5.41) is 0. The number of benzene rings is 1. The van der Waals surface area contributed by atoms with Gasteiger partial charge in [0.25, 0.3) is 0 Å². The molecule has 2 nitrogen and oxygen atoms in total. The molecule has 0 heterocycles. The standard InChI is InChI=1S/C14H19FO2/c1-4-5-6-13(14(16)17-3)11-7-10(2)8-12(15)9-11/h7-9,13H,4-6H2,1-3H3. The van der Waals surface area contributed by atoms with Crippen LogP contribution in [0.5, 0.6) is 0 Å². The van der Waals surface area contributed by atoms with E-state index in [1.54, 1.807) is 0 Å². The average Bonchev–Trinajstić information content (AvgIpc) is 2.28. The van der Waals surface area contributed by atoms with E-state index in [2.05, 4.69) is 6.92 Å². The van der Waals surface area contributed by atoms with Crippen molar-refractivity contribution in [2.45, 2.75) is 39.0 Å². The lowest BCUT2D eigenvalue weighted by molar-refractivity contribution is -0.142. The van der Waals surface area contributed by atoms with Gasteiger partial charge in [0.1, 0.15) is 5.82 Å². The van der Waals surface area contributed by atoms with E-state index in [4.69, 9.17) is 4.74 Å². The van der Waals surface area contributed by atoms with E-state index in [0.29, 0.717) is 12.0 Å². The summed E-state index contributed by atoms with van der Waals surface area (Å²) < 4.78 is 18.1. The molecule has 0 aromatic heterocycles. The van der Waals surface area contributed by atoms with Crippen molar-refractivity contribution in [3.05, 3.63) is 35.1 Å². The van der Waals surface area contributed by atoms with Crippen LogP contribution < -0.4 is 0 Å². The minimum Gasteiger partial charge on any atom is -0.469 e. The van der Waals surface area contributed by atoms with Crippen molar-refractivity contribution in [3.8, 4) is 0 Å². The van der Waals surface area contributed by atoms with Crippen molar-refractivity contribution < 1.29 is 13.9 Å². The SMILES string of the molecule is CCCCC(C(=O)OC)c1cc(C)cc(F)c1. The zero-order valence-corrected chi connectivity index (χ0v) is 10.6. The van der Waals surface area contributed by atoms with Crippen molar-refractivity contribution in [2.24, 2.45) is 0 Å². The summed E-state index contributed by atoms with van der Waals surface area (Å²) in [7, 11) is 1.37. The first-order valence-corrected chi connectivity index (χ1v) is 5.93. The molecule has 17 heavy (non-hydrogen) atoms. The van der Waals surface area contributed by atoms with Gasteiger partial charge in [0.05, 0.1) is 13.0 Å². The number of methoxy groups -OCH3 is 1. The van der Waals surface area contributed by atoms with Crippen LogP contribution in [0.4, 0.5) is 4.39 Å². The second-order valence-corrected chi connectivity index (χ2v) is 4.28. The number of hydrogen-bond donors (Lipinski definition) is 0. The Kier molecular flexibility index (Phi) is 5.13. The number of unbranched alkanes of at least 4 members (excludes halogenated alkanes) is 1. The molecule has 0 aliphatic carbocycles. The molecule has 0 spiro atoms. The van der Waals surface area contributed by atoms with Crippen molar-refractivity contribution in [1.82, 2.24) is 0 Å². The Hall–Kier alpha value is -1.38. The number of aryl methyl sites for hydroxylation is 1. The van der Waals surface area contributed by atoms with Crippen LogP contribution in [0.1, 0.15) is 43.2 Å². The lowest BCUT2D eigenvalue weighted by atomic mass is 9.92. The summed E-state index contributed by atoms with van der Waals surface area (Å²) in [6, 6.07) is 4.72. The molecule has 0 amide bonds. The van der Waals surface area contributed by atoms with Crippen LogP contribution in [0.2, 0.25) is 0 Å². The molecule has 0 saturated carbocycles. The summed E-state index contributed by atoms with van der Waals surface area (Å²) >= 11 is 0. The first kappa shape index (κ1) is 13.7. The van der Waals surface area contributed by atoms with Gasteiger partial charge in [-0.25, -0.2) is 4.39 Å². The molecule has 1 atom stereocenters. The van der Waals surface area contributed by atoms with Crippen LogP contribution >= 0.6 is 0 Å². The Morgan fingerprint density at radius 3 is 2.65 bits per heavy atom. The number of carbonyl (C=O) groups excluding carboxylic acids is 1. The fourth-order valence-corrected chi connectivity index (χ4v) is 1.94. The molecule has 0 radical (unpaired) electrons. The summed E-state index contributed by atoms with van der Waals surface area (Å²) in [4.78, 5) is 11.7. The average molecular weight is 238 g/mol. The van der Waals surface area contributed by atoms with E-state index in [1.807, 2.05) is 13.0 Å². The van der Waals surface area contributed by atoms with Gasteiger partial charge in [0, 0.05) is 0 Å². The molecule has 0 fully saturated rings. The number of halogens is 1. The first-order chi connectivity index (χ1) is 8.08. The van der Waals surface area contributed by atoms with Crippen LogP contribution in [0, 0.1) is 12.7 Å². The third kappa shape index (κ3) is 3.84. The third-order valence-electron chi connectivity index (χ3n) is 2.80. The molecule has 3 heteroatoms. The maximum atomic E-state index is 13.3. The number of ether oxygens (including phenoxy) is 1. The lowest BCUT2D eigenvalue weighted by Gasteiger charge is -2.15. The highest BCUT2D eigenvalue weighted by Gasteiger charge is 2.21. The lowest BCUT2D eigenvalue weighted by Crippen LogP contribution is -2.14. The van der Waals surface area contributed by atoms with E-state index in [-0.39, 0.29) is 17.7 Å². The summed E-state index contributed by atoms with van der Waals surface area (Å²) in [5.74, 6) is -0.941. The largest absolute Gasteiger partial charge is 0.469 e. The Morgan fingerprint density at radius 2 is 2.12 bits per heavy atom. The summed E-state index contributed by atoms with van der Waals surface area (Å²) in [6.45, 7) is 3.88. The second-order valence-electron chi connectivity index (χ2n) is 4.28. The normalized spacial score (nSPS) is 12.2. The topological polar surface area (TPSA) is 26.3 Å². The monoisotopic (exact) mass is 238 g/mol. The van der Waals surface area contributed by atoms with Gasteiger partial charge in [-0.1, -0.05) is 25.8 Å². The number of carbonyl (C=O) groups is 1. The molecule has 0 aliphatic heterocycles. The van der Waals surface area contributed by atoms with Gasteiger partial charge >= 0.3 is 5.97 Å². The molecule has 1 unspecified atom stereocenters. The molecule has 0 saturated heterocycles. The molecule has 94 valence electrons. The Morgan fingerprint density at radius 1 is 1.41 bits per heavy atom. The maximum absolute atomic E-state index is 13.3. The van der Waals surface area contributed by atoms with Gasteiger partial charge < -0.3 is 4.74 Å². The molecule has 0 aliphatic rings. The van der Waals surface area contributed by atoms with Crippen LogP contribution in [0.15, 0.2) is 18.2 Å². The zero-order chi connectivity index (χ0) is 12.8. The molecular weight excluding hydrogens is 219 g/mol. The Labute approximate surface area is 102 Å². The predicted octanol–water partition coefficient (Wildman–Crippen LogP) is 3.58. The van der Waals surface area contributed by atoms with Crippen LogP contribution in [-0.2, 0) is 9.53 Å². The summed E-state index contributed by atoms with van der Waals surface area (Å²) in [6.07, 6.45) is 2.63. The fourth-order valence-electron chi connectivity index (χ4n) is 1.94. The second kappa shape index (κ2) is 6.38. The predicted molar refractivity (Wildman–Crippen MR) is 65.4 cm³/mol. The summed E-state index contributed by atoms with van der Waals surface area (Å²) in [5.41, 5.74) is 1.54. The van der Waals surface area contributed by atoms with E-state index >= 15 is 0 Å². The van der Waals surface area contributed by atoms with E-state index < -0.39 is 0 Å². The van der Waals surface area contributed by atoms with Gasteiger partial charge in [-0.15, -0.1) is 0 Å². The Balaban J connectivity index is 2.98. The molecule has 1 aromatic carbocycles. The highest BCUT2D eigenvalue weighted by molar-refractivity contribution is 5.78. The minimum atomic E-state index is -0.352. The van der Waals surface area contributed by atoms with Gasteiger partial charge in [-0.3, -0.25) is 4.79 Å². The smallest absolute Gasteiger partial charge is 0.313 e.